The quantitative estimate of drug-likeness (QED) is 0.693. The van der Waals surface area contributed by atoms with Crippen molar-refractivity contribution >= 4 is 13.2 Å². The molecule has 0 bridgehead atoms. The Labute approximate surface area is 83.3 Å². The third-order valence-electron chi connectivity index (χ3n) is 2.67. The van der Waals surface area contributed by atoms with Crippen molar-refractivity contribution in [2.45, 2.75) is 38.1 Å². The molecule has 0 saturated heterocycles. The van der Waals surface area contributed by atoms with E-state index >= 15 is 0 Å². The highest BCUT2D eigenvalue weighted by Gasteiger charge is 2.33. The van der Waals surface area contributed by atoms with Crippen molar-refractivity contribution in [1.29, 1.82) is 0 Å². The lowest BCUT2D eigenvalue weighted by Crippen LogP contribution is -2.37. The molecule has 0 unspecified atom stereocenters. The van der Waals surface area contributed by atoms with Gasteiger partial charge in [-0.1, -0.05) is 19.3 Å². The van der Waals surface area contributed by atoms with Gasteiger partial charge in [0.05, 0.1) is 0 Å². The molecule has 1 aliphatic rings. The van der Waals surface area contributed by atoms with E-state index in [1.807, 2.05) is 0 Å². The first-order valence-corrected chi connectivity index (χ1v) is 6.37. The van der Waals surface area contributed by atoms with Gasteiger partial charge in [0.15, 0.2) is 0 Å². The molecule has 2 N–H and O–H groups in total. The van der Waals surface area contributed by atoms with Gasteiger partial charge in [-0.3, -0.25) is 4.79 Å². The topological polar surface area (TPSA) is 77.8 Å². The van der Waals surface area contributed by atoms with Crippen LogP contribution < -0.4 is 0 Å². The number of rotatable bonds is 2. The van der Waals surface area contributed by atoms with Crippen LogP contribution in [-0.2, 0) is 4.57 Å². The van der Waals surface area contributed by atoms with Gasteiger partial charge in [0, 0.05) is 13.1 Å². The molecule has 0 spiro atoms. The van der Waals surface area contributed by atoms with Gasteiger partial charge < -0.3 is 14.7 Å². The van der Waals surface area contributed by atoms with Gasteiger partial charge in [-0.25, -0.2) is 4.57 Å². The molecule has 82 valence electrons. The number of hydrogen-bond donors (Lipinski definition) is 2. The summed E-state index contributed by atoms with van der Waals surface area (Å²) in [7, 11) is -3.12. The summed E-state index contributed by atoms with van der Waals surface area (Å²) in [6.45, 7) is 0. The standard InChI is InChI=1S/C8H16NO4P/c1-9(8(10)14(11,12)13)7-5-3-2-4-6-7/h7H,2-6H2,1H3,(H2,11,12,13). The highest BCUT2D eigenvalue weighted by atomic mass is 31.2. The molecule has 0 atom stereocenters. The van der Waals surface area contributed by atoms with Crippen LogP contribution in [0.4, 0.5) is 4.79 Å². The molecule has 1 fully saturated rings. The molecule has 0 aromatic carbocycles. The normalized spacial score (nSPS) is 19.4. The molecule has 0 aromatic rings. The predicted molar refractivity (Wildman–Crippen MR) is 52.1 cm³/mol. The molecule has 0 radical (unpaired) electrons. The van der Waals surface area contributed by atoms with Crippen LogP contribution in [0.15, 0.2) is 0 Å². The Balaban J connectivity index is 2.59. The number of nitrogens with zero attached hydrogens (tertiary/aromatic N) is 1. The average Bonchev–Trinajstić information content (AvgIpc) is 2.15. The van der Waals surface area contributed by atoms with Crippen LogP contribution in [0, 0.1) is 0 Å². The van der Waals surface area contributed by atoms with E-state index in [0.29, 0.717) is 0 Å². The molecule has 14 heavy (non-hydrogen) atoms. The Morgan fingerprint density at radius 3 is 2.21 bits per heavy atom. The highest BCUT2D eigenvalue weighted by Crippen LogP contribution is 2.39. The van der Waals surface area contributed by atoms with E-state index in [1.54, 1.807) is 0 Å². The van der Waals surface area contributed by atoms with Gasteiger partial charge in [-0.2, -0.15) is 0 Å². The van der Waals surface area contributed by atoms with Crippen molar-refractivity contribution in [3.63, 3.8) is 0 Å². The van der Waals surface area contributed by atoms with E-state index in [4.69, 9.17) is 9.79 Å². The van der Waals surface area contributed by atoms with Crippen LogP contribution in [0.3, 0.4) is 0 Å². The van der Waals surface area contributed by atoms with Crippen molar-refractivity contribution in [1.82, 2.24) is 4.90 Å². The largest absolute Gasteiger partial charge is 0.413 e. The number of carbonyl (C=O) groups excluding carboxylic acids is 1. The number of hydrogen-bond acceptors (Lipinski definition) is 2. The van der Waals surface area contributed by atoms with E-state index in [0.717, 1.165) is 32.1 Å². The van der Waals surface area contributed by atoms with E-state index < -0.39 is 13.2 Å². The van der Waals surface area contributed by atoms with Crippen molar-refractivity contribution < 1.29 is 19.1 Å². The van der Waals surface area contributed by atoms with Crippen LogP contribution in [-0.4, -0.2) is 33.4 Å². The molecule has 6 heteroatoms. The van der Waals surface area contributed by atoms with Crippen LogP contribution in [0.5, 0.6) is 0 Å². The Morgan fingerprint density at radius 1 is 1.29 bits per heavy atom. The molecular weight excluding hydrogens is 205 g/mol. The molecule has 5 nitrogen and oxygen atoms in total. The molecule has 1 saturated carbocycles. The van der Waals surface area contributed by atoms with Crippen LogP contribution in [0.2, 0.25) is 0 Å². The molecule has 1 aliphatic carbocycles. The SMILES string of the molecule is CN(C(=O)P(=O)(O)O)C1CCCCC1. The van der Waals surface area contributed by atoms with Crippen molar-refractivity contribution in [3.05, 3.63) is 0 Å². The molecule has 1 rings (SSSR count). The Morgan fingerprint density at radius 2 is 1.79 bits per heavy atom. The molecule has 0 heterocycles. The zero-order valence-corrected chi connectivity index (χ0v) is 9.11. The summed E-state index contributed by atoms with van der Waals surface area (Å²) in [6.07, 6.45) is 4.91. The smallest absolute Gasteiger partial charge is 0.332 e. The highest BCUT2D eigenvalue weighted by molar-refractivity contribution is 7.69. The lowest BCUT2D eigenvalue weighted by atomic mass is 9.95. The second-order valence-electron chi connectivity index (χ2n) is 3.73. The lowest BCUT2D eigenvalue weighted by molar-refractivity contribution is 0.186. The summed E-state index contributed by atoms with van der Waals surface area (Å²) in [5.74, 6) is 0. The van der Waals surface area contributed by atoms with Crippen LogP contribution >= 0.6 is 7.60 Å². The summed E-state index contributed by atoms with van der Waals surface area (Å²) in [4.78, 5) is 29.8. The zero-order valence-electron chi connectivity index (χ0n) is 8.22. The zero-order chi connectivity index (χ0) is 10.8. The minimum atomic E-state index is -4.59. The van der Waals surface area contributed by atoms with E-state index in [2.05, 4.69) is 0 Å². The van der Waals surface area contributed by atoms with Gasteiger partial charge in [0.25, 0.3) is 0 Å². The summed E-state index contributed by atoms with van der Waals surface area (Å²) >= 11 is 0. The fourth-order valence-electron chi connectivity index (χ4n) is 1.83. The second-order valence-corrected chi connectivity index (χ2v) is 5.20. The van der Waals surface area contributed by atoms with Crippen LogP contribution in [0.25, 0.3) is 0 Å². The van der Waals surface area contributed by atoms with Crippen molar-refractivity contribution in [2.24, 2.45) is 0 Å². The van der Waals surface area contributed by atoms with Crippen molar-refractivity contribution in [2.75, 3.05) is 7.05 Å². The minimum Gasteiger partial charge on any atom is -0.332 e. The third-order valence-corrected chi connectivity index (χ3v) is 3.49. The number of amides is 1. The molecule has 1 amide bonds. The van der Waals surface area contributed by atoms with Gasteiger partial charge in [0.1, 0.15) is 0 Å². The summed E-state index contributed by atoms with van der Waals surface area (Å²) in [5.41, 5.74) is -1.05. The van der Waals surface area contributed by atoms with E-state index in [1.165, 1.54) is 11.9 Å². The van der Waals surface area contributed by atoms with Crippen LogP contribution in [0.1, 0.15) is 32.1 Å². The average molecular weight is 221 g/mol. The van der Waals surface area contributed by atoms with E-state index in [-0.39, 0.29) is 6.04 Å². The first-order valence-electron chi connectivity index (χ1n) is 4.76. The molecular formula is C8H16NO4P. The third kappa shape index (κ3) is 2.80. The first kappa shape index (κ1) is 11.7. The number of carbonyl (C=O) groups is 1. The molecule has 0 aromatic heterocycles. The Kier molecular flexibility index (Phi) is 3.70. The van der Waals surface area contributed by atoms with Gasteiger partial charge in [0.2, 0.25) is 0 Å². The molecule has 0 aliphatic heterocycles. The lowest BCUT2D eigenvalue weighted by Gasteiger charge is -2.31. The van der Waals surface area contributed by atoms with E-state index in [9.17, 15) is 9.36 Å². The van der Waals surface area contributed by atoms with Gasteiger partial charge in [-0.05, 0) is 12.8 Å². The maximum atomic E-state index is 11.2. The Hall–Kier alpha value is -0.380. The second kappa shape index (κ2) is 4.43. The first-order chi connectivity index (χ1) is 6.43. The van der Waals surface area contributed by atoms with Gasteiger partial charge in [-0.15, -0.1) is 0 Å². The Bertz CT molecular complexity index is 256. The monoisotopic (exact) mass is 221 g/mol. The van der Waals surface area contributed by atoms with Crippen molar-refractivity contribution in [3.8, 4) is 0 Å². The predicted octanol–water partition coefficient (Wildman–Crippen LogP) is 1.55. The maximum Gasteiger partial charge on any atom is 0.413 e. The van der Waals surface area contributed by atoms with Gasteiger partial charge >= 0.3 is 13.2 Å². The summed E-state index contributed by atoms with van der Waals surface area (Å²) in [5, 5.41) is 0. The fraction of sp³-hybridized carbons (Fsp3) is 0.875. The summed E-state index contributed by atoms with van der Waals surface area (Å²) < 4.78 is 10.7. The maximum absolute atomic E-state index is 11.2. The minimum absolute atomic E-state index is 0.00359. The summed E-state index contributed by atoms with van der Waals surface area (Å²) in [6, 6.07) is 0.00359. The fourth-order valence-corrected chi connectivity index (χ4v) is 2.40.